The molecule has 3 aliphatic carbocycles. The van der Waals surface area contributed by atoms with Crippen molar-refractivity contribution in [2.24, 2.45) is 17.6 Å². The van der Waals surface area contributed by atoms with Gasteiger partial charge in [0.1, 0.15) is 22.8 Å². The molecule has 12 heteroatoms. The van der Waals surface area contributed by atoms with Crippen LogP contribution < -0.4 is 16.4 Å². The number of ketones is 2. The zero-order valence-corrected chi connectivity index (χ0v) is 19.6. The maximum atomic E-state index is 13.6. The quantitative estimate of drug-likeness (QED) is 0.152. The highest BCUT2D eigenvalue weighted by atomic mass is 16.4. The Bertz CT molecular complexity index is 1250. The summed E-state index contributed by atoms with van der Waals surface area (Å²) in [6, 6.07) is 0.172. The number of hydrogen-bond donors (Lipinski definition) is 7. The first-order valence-electron chi connectivity index (χ1n) is 10.8. The SMILES string of the molecule is CN(C)c1cc(N)c(O)c2c1C[C@@H]1C(=C(O)[C@]3(O)C(=O)C(C(N)=O)=C(O)[C@@H](N(C)C)[C@@H]3[C@H]1O)C2=O. The van der Waals surface area contributed by atoms with Gasteiger partial charge in [-0.2, -0.15) is 0 Å². The minimum absolute atomic E-state index is 0.0585. The predicted molar refractivity (Wildman–Crippen MR) is 124 cm³/mol. The summed E-state index contributed by atoms with van der Waals surface area (Å²) in [5.41, 5.74) is 7.36. The molecule has 0 fully saturated rings. The van der Waals surface area contributed by atoms with Crippen molar-refractivity contribution in [1.82, 2.24) is 4.90 Å². The lowest BCUT2D eigenvalue weighted by Crippen LogP contribution is -2.68. The monoisotopic (exact) mass is 488 g/mol. The molecular formula is C23H28N4O8. The fraction of sp³-hybridized carbons (Fsp3) is 0.435. The third-order valence-corrected chi connectivity index (χ3v) is 7.29. The number of phenols is 1. The number of Topliss-reactive ketones (excluding diaryl/α,β-unsaturated/α-hetero) is 2. The van der Waals surface area contributed by atoms with E-state index in [2.05, 4.69) is 0 Å². The van der Waals surface area contributed by atoms with Gasteiger partial charge < -0.3 is 41.9 Å². The first-order chi connectivity index (χ1) is 16.2. The molecule has 12 nitrogen and oxygen atoms in total. The summed E-state index contributed by atoms with van der Waals surface area (Å²) in [5, 5.41) is 55.7. The maximum Gasteiger partial charge on any atom is 0.255 e. The second kappa shape index (κ2) is 7.70. The predicted octanol–water partition coefficient (Wildman–Crippen LogP) is -1.26. The van der Waals surface area contributed by atoms with Gasteiger partial charge in [0, 0.05) is 31.3 Å². The van der Waals surface area contributed by atoms with Crippen LogP contribution in [-0.4, -0.2) is 93.8 Å². The fourth-order valence-electron chi connectivity index (χ4n) is 5.73. The molecule has 35 heavy (non-hydrogen) atoms. The number of aliphatic hydroxyl groups excluding tert-OH is 3. The van der Waals surface area contributed by atoms with Crippen molar-refractivity contribution in [1.29, 1.82) is 0 Å². The van der Waals surface area contributed by atoms with E-state index in [9.17, 15) is 39.9 Å². The van der Waals surface area contributed by atoms with E-state index in [0.29, 0.717) is 11.3 Å². The van der Waals surface area contributed by atoms with Gasteiger partial charge in [0.15, 0.2) is 11.4 Å². The first kappa shape index (κ1) is 24.5. The normalized spacial score (nSPS) is 30.3. The smallest absolute Gasteiger partial charge is 0.255 e. The number of rotatable bonds is 3. The van der Waals surface area contributed by atoms with Gasteiger partial charge in [0.05, 0.1) is 29.3 Å². The van der Waals surface area contributed by atoms with E-state index in [1.54, 1.807) is 19.0 Å². The number of fused-ring (bicyclic) bond motifs is 3. The van der Waals surface area contributed by atoms with Gasteiger partial charge in [-0.15, -0.1) is 0 Å². The number of aliphatic hydroxyl groups is 4. The molecule has 0 aromatic heterocycles. The van der Waals surface area contributed by atoms with Crippen LogP contribution in [0.3, 0.4) is 0 Å². The molecule has 1 aromatic rings. The lowest BCUT2D eigenvalue weighted by atomic mass is 9.57. The van der Waals surface area contributed by atoms with E-state index in [1.165, 1.54) is 25.1 Å². The van der Waals surface area contributed by atoms with Crippen LogP contribution >= 0.6 is 0 Å². The van der Waals surface area contributed by atoms with Gasteiger partial charge in [-0.25, -0.2) is 0 Å². The molecular weight excluding hydrogens is 460 g/mol. The average Bonchev–Trinajstić information content (AvgIpc) is 2.75. The van der Waals surface area contributed by atoms with Crippen molar-refractivity contribution >= 4 is 28.8 Å². The molecule has 4 rings (SSSR count). The number of carbonyl (C=O) groups is 3. The van der Waals surface area contributed by atoms with E-state index in [0.717, 1.165) is 0 Å². The summed E-state index contributed by atoms with van der Waals surface area (Å²) in [6.45, 7) is 0. The molecule has 0 heterocycles. The van der Waals surface area contributed by atoms with Crippen LogP contribution in [0.1, 0.15) is 15.9 Å². The summed E-state index contributed by atoms with van der Waals surface area (Å²) in [6.07, 6.45) is -1.69. The summed E-state index contributed by atoms with van der Waals surface area (Å²) < 4.78 is 0. The van der Waals surface area contributed by atoms with Gasteiger partial charge in [0.25, 0.3) is 5.91 Å². The second-order valence-corrected chi connectivity index (χ2v) is 9.63. The van der Waals surface area contributed by atoms with Crippen LogP contribution in [-0.2, 0) is 16.0 Å². The van der Waals surface area contributed by atoms with E-state index < -0.39 is 75.5 Å². The van der Waals surface area contributed by atoms with Crippen LogP contribution in [0.25, 0.3) is 0 Å². The number of phenolic OH excluding ortho intramolecular Hbond substituents is 1. The second-order valence-electron chi connectivity index (χ2n) is 9.63. The van der Waals surface area contributed by atoms with Crippen molar-refractivity contribution in [3.63, 3.8) is 0 Å². The molecule has 1 amide bonds. The van der Waals surface area contributed by atoms with Gasteiger partial charge in [-0.3, -0.25) is 19.3 Å². The Balaban J connectivity index is 2.05. The zero-order chi connectivity index (χ0) is 26.3. The van der Waals surface area contributed by atoms with Gasteiger partial charge in [-0.05, 0) is 32.1 Å². The van der Waals surface area contributed by atoms with Crippen molar-refractivity contribution in [3.8, 4) is 5.75 Å². The molecule has 0 spiro atoms. The highest BCUT2D eigenvalue weighted by molar-refractivity contribution is 6.25. The summed E-state index contributed by atoms with van der Waals surface area (Å²) in [4.78, 5) is 41.9. The van der Waals surface area contributed by atoms with E-state index >= 15 is 0 Å². The highest BCUT2D eigenvalue weighted by Crippen LogP contribution is 2.53. The van der Waals surface area contributed by atoms with Gasteiger partial charge in [-0.1, -0.05) is 0 Å². The number of hydrogen-bond acceptors (Lipinski definition) is 11. The molecule has 188 valence electrons. The Hall–Kier alpha value is -3.61. The highest BCUT2D eigenvalue weighted by Gasteiger charge is 2.66. The van der Waals surface area contributed by atoms with Crippen LogP contribution in [0.2, 0.25) is 0 Å². The van der Waals surface area contributed by atoms with E-state index in [1.807, 2.05) is 0 Å². The molecule has 3 aliphatic rings. The van der Waals surface area contributed by atoms with Crippen molar-refractivity contribution in [3.05, 3.63) is 39.9 Å². The van der Waals surface area contributed by atoms with Crippen LogP contribution in [0, 0.1) is 11.8 Å². The number of anilines is 2. The molecule has 0 radical (unpaired) electrons. The lowest BCUT2D eigenvalue weighted by molar-refractivity contribution is -0.161. The van der Waals surface area contributed by atoms with Gasteiger partial charge >= 0.3 is 0 Å². The molecule has 1 aromatic carbocycles. The van der Waals surface area contributed by atoms with E-state index in [4.69, 9.17) is 11.5 Å². The summed E-state index contributed by atoms with van der Waals surface area (Å²) in [7, 11) is 6.35. The number of nitrogens with two attached hydrogens (primary N) is 2. The lowest BCUT2D eigenvalue weighted by Gasteiger charge is -2.52. The molecule has 9 N–H and O–H groups in total. The molecule has 0 saturated heterocycles. The Morgan fingerprint density at radius 3 is 2.26 bits per heavy atom. The number of likely N-dealkylation sites (N-methyl/N-ethyl adjacent to an activating group) is 1. The first-order valence-corrected chi connectivity index (χ1v) is 10.8. The Morgan fingerprint density at radius 2 is 1.74 bits per heavy atom. The van der Waals surface area contributed by atoms with Crippen LogP contribution in [0.5, 0.6) is 5.75 Å². The fourth-order valence-corrected chi connectivity index (χ4v) is 5.73. The number of benzene rings is 1. The standard InChI is InChI=1S/C23H28N4O8/c1-26(2)10-6-9(24)17(29)11-7(10)5-8-12(18(11)30)20(32)23(35)14(16(8)28)15(27(3)4)19(31)13(21(23)33)22(25)34/h6,8,14-16,28-29,31-32,35H,5,24H2,1-4H3,(H2,25,34)/t8-,14-,15+,16+,23+/m1/s1. The Morgan fingerprint density at radius 1 is 1.14 bits per heavy atom. The Kier molecular flexibility index (Phi) is 5.39. The third-order valence-electron chi connectivity index (χ3n) is 7.29. The molecule has 5 atom stereocenters. The average molecular weight is 488 g/mol. The number of aromatic hydroxyl groups is 1. The molecule has 0 saturated carbocycles. The minimum Gasteiger partial charge on any atom is -0.510 e. The number of nitrogens with zero attached hydrogens (tertiary/aromatic N) is 2. The maximum absolute atomic E-state index is 13.6. The minimum atomic E-state index is -2.94. The number of nitrogen functional groups attached to an aromatic ring is 1. The van der Waals surface area contributed by atoms with Crippen LogP contribution in [0.4, 0.5) is 11.4 Å². The largest absolute Gasteiger partial charge is 0.510 e. The number of carbonyl (C=O) groups excluding carboxylic acids is 3. The van der Waals surface area contributed by atoms with E-state index in [-0.39, 0.29) is 17.7 Å². The van der Waals surface area contributed by atoms with Crippen molar-refractivity contribution in [2.75, 3.05) is 38.8 Å². The van der Waals surface area contributed by atoms with Gasteiger partial charge in [0.2, 0.25) is 5.78 Å². The molecule has 0 bridgehead atoms. The summed E-state index contributed by atoms with van der Waals surface area (Å²) >= 11 is 0. The zero-order valence-electron chi connectivity index (χ0n) is 19.6. The van der Waals surface area contributed by atoms with Crippen molar-refractivity contribution < 1.29 is 39.9 Å². The van der Waals surface area contributed by atoms with Crippen LogP contribution in [0.15, 0.2) is 28.7 Å². The third kappa shape index (κ3) is 3.00. The Labute approximate surface area is 200 Å². The molecule has 0 unspecified atom stereocenters. The number of primary amides is 1. The number of amides is 1. The van der Waals surface area contributed by atoms with Crippen molar-refractivity contribution in [2.45, 2.75) is 24.2 Å². The topological polar surface area (TPSA) is 211 Å². The molecule has 0 aliphatic heterocycles. The summed E-state index contributed by atoms with van der Waals surface area (Å²) in [5.74, 6) is -8.72.